The number of thiazole rings is 1. The molecule has 6 heteroatoms. The second kappa shape index (κ2) is 6.84. The number of aromatic nitrogens is 1. The number of imide groups is 1. The van der Waals surface area contributed by atoms with E-state index in [0.29, 0.717) is 19.5 Å². The highest BCUT2D eigenvalue weighted by Crippen LogP contribution is 2.38. The Morgan fingerprint density at radius 2 is 1.78 bits per heavy atom. The van der Waals surface area contributed by atoms with Gasteiger partial charge >= 0.3 is 0 Å². The lowest BCUT2D eigenvalue weighted by Crippen LogP contribution is -2.45. The predicted octanol–water partition coefficient (Wildman–Crippen LogP) is 3.73. The second-order valence-corrected chi connectivity index (χ2v) is 8.81. The molecule has 2 aromatic rings. The van der Waals surface area contributed by atoms with Gasteiger partial charge in [-0.15, -0.1) is 11.3 Å². The van der Waals surface area contributed by atoms with Crippen molar-refractivity contribution in [2.24, 2.45) is 11.8 Å². The lowest BCUT2D eigenvalue weighted by Gasteiger charge is -2.36. The summed E-state index contributed by atoms with van der Waals surface area (Å²) in [4.78, 5) is 34.3. The van der Waals surface area contributed by atoms with Gasteiger partial charge in [0.25, 0.3) is 0 Å². The van der Waals surface area contributed by atoms with Crippen LogP contribution in [-0.4, -0.2) is 39.8 Å². The monoisotopic (exact) mass is 381 g/mol. The summed E-state index contributed by atoms with van der Waals surface area (Å²) >= 11 is 1.74. The molecule has 2 saturated heterocycles. The summed E-state index contributed by atoms with van der Waals surface area (Å²) < 4.78 is 1.20. The third kappa shape index (κ3) is 2.91. The van der Waals surface area contributed by atoms with E-state index in [-0.39, 0.29) is 29.7 Å². The molecule has 0 N–H and O–H groups in total. The van der Waals surface area contributed by atoms with E-state index in [1.54, 1.807) is 11.3 Å². The molecule has 2 aliphatic heterocycles. The molecule has 2 amide bonds. The quantitative estimate of drug-likeness (QED) is 0.600. The zero-order valence-electron chi connectivity index (χ0n) is 15.2. The van der Waals surface area contributed by atoms with Crippen LogP contribution in [0.5, 0.6) is 0 Å². The summed E-state index contributed by atoms with van der Waals surface area (Å²) in [7, 11) is 0. The number of amides is 2. The second-order valence-electron chi connectivity index (χ2n) is 7.75. The van der Waals surface area contributed by atoms with Gasteiger partial charge in [-0.25, -0.2) is 4.98 Å². The number of allylic oxidation sites excluding steroid dienone is 2. The number of likely N-dealkylation sites (tertiary alicyclic amines) is 2. The Kier molecular flexibility index (Phi) is 4.32. The molecule has 0 saturated carbocycles. The van der Waals surface area contributed by atoms with Crippen LogP contribution in [-0.2, 0) is 9.59 Å². The van der Waals surface area contributed by atoms with Gasteiger partial charge in [-0.05, 0) is 37.8 Å². The lowest BCUT2D eigenvalue weighted by molar-refractivity contribution is -0.143. The summed E-state index contributed by atoms with van der Waals surface area (Å²) in [5.41, 5.74) is 1.04. The molecule has 3 heterocycles. The fourth-order valence-electron chi connectivity index (χ4n) is 4.66. The summed E-state index contributed by atoms with van der Waals surface area (Å²) in [6.07, 6.45) is 8.78. The van der Waals surface area contributed by atoms with Crippen LogP contribution in [0.2, 0.25) is 0 Å². The first-order valence-corrected chi connectivity index (χ1v) is 10.6. The van der Waals surface area contributed by atoms with E-state index in [1.165, 1.54) is 9.60 Å². The Bertz CT molecular complexity index is 862. The molecule has 5 rings (SSSR count). The molecule has 1 aromatic heterocycles. The summed E-state index contributed by atoms with van der Waals surface area (Å²) in [6, 6.07) is 8.41. The van der Waals surface area contributed by atoms with E-state index in [0.717, 1.165) is 36.3 Å². The van der Waals surface area contributed by atoms with Crippen LogP contribution in [0.1, 0.15) is 43.2 Å². The number of nitrogens with zero attached hydrogens (tertiary/aromatic N) is 3. The number of piperidine rings is 1. The standard InChI is InChI=1S/C21H23N3O2S/c25-20-14-7-1-2-8-15(14)21(26)24(20)13-23-12-6-5-10-17(23)19-22-16-9-3-4-11-18(16)27-19/h1-4,9,11,14-15,17H,5-8,10,12-13H2/t14-,15+,17-/m1/s1. The van der Waals surface area contributed by atoms with Gasteiger partial charge in [-0.2, -0.15) is 0 Å². The fraction of sp³-hybridized carbons (Fsp3) is 0.476. The molecule has 5 nitrogen and oxygen atoms in total. The highest BCUT2D eigenvalue weighted by molar-refractivity contribution is 7.18. The molecule has 0 spiro atoms. The van der Waals surface area contributed by atoms with Crippen molar-refractivity contribution in [1.82, 2.24) is 14.8 Å². The van der Waals surface area contributed by atoms with Gasteiger partial charge in [0, 0.05) is 6.54 Å². The molecule has 0 radical (unpaired) electrons. The van der Waals surface area contributed by atoms with Gasteiger partial charge in [0.15, 0.2) is 0 Å². The Morgan fingerprint density at radius 1 is 1.04 bits per heavy atom. The fourth-order valence-corrected chi connectivity index (χ4v) is 5.80. The minimum absolute atomic E-state index is 0.0166. The molecule has 1 aliphatic carbocycles. The number of carbonyl (C=O) groups excluding carboxylic acids is 2. The smallest absolute Gasteiger partial charge is 0.234 e. The van der Waals surface area contributed by atoms with Crippen molar-refractivity contribution in [3.05, 3.63) is 41.4 Å². The van der Waals surface area contributed by atoms with E-state index in [4.69, 9.17) is 4.98 Å². The molecule has 3 aliphatic rings. The zero-order valence-corrected chi connectivity index (χ0v) is 16.0. The van der Waals surface area contributed by atoms with Gasteiger partial charge in [0.05, 0.1) is 34.8 Å². The first-order chi connectivity index (χ1) is 13.2. The summed E-state index contributed by atoms with van der Waals surface area (Å²) in [5, 5.41) is 1.11. The van der Waals surface area contributed by atoms with E-state index in [1.807, 2.05) is 30.4 Å². The van der Waals surface area contributed by atoms with Crippen molar-refractivity contribution in [2.75, 3.05) is 13.2 Å². The van der Waals surface area contributed by atoms with Crippen LogP contribution in [0.4, 0.5) is 0 Å². The first kappa shape index (κ1) is 17.1. The molecule has 1 aromatic carbocycles. The number of carbonyl (C=O) groups is 2. The number of fused-ring (bicyclic) bond motifs is 2. The SMILES string of the molecule is O=C1[C@H]2CC=CC[C@H]2C(=O)N1CN1CCCC[C@@H]1c1nc2ccccc2s1. The van der Waals surface area contributed by atoms with Crippen LogP contribution in [0.25, 0.3) is 10.2 Å². The molecular formula is C21H23N3O2S. The van der Waals surface area contributed by atoms with Crippen molar-refractivity contribution in [2.45, 2.75) is 38.1 Å². The molecule has 0 bridgehead atoms. The van der Waals surface area contributed by atoms with Crippen LogP contribution < -0.4 is 0 Å². The van der Waals surface area contributed by atoms with Crippen molar-refractivity contribution in [3.8, 4) is 0 Å². The maximum atomic E-state index is 12.8. The predicted molar refractivity (Wildman–Crippen MR) is 105 cm³/mol. The minimum Gasteiger partial charge on any atom is -0.276 e. The molecule has 27 heavy (non-hydrogen) atoms. The van der Waals surface area contributed by atoms with Crippen LogP contribution in [0.3, 0.4) is 0 Å². The number of hydrogen-bond donors (Lipinski definition) is 0. The van der Waals surface area contributed by atoms with Gasteiger partial charge in [0.2, 0.25) is 11.8 Å². The maximum Gasteiger partial charge on any atom is 0.234 e. The number of hydrogen-bond acceptors (Lipinski definition) is 5. The highest BCUT2D eigenvalue weighted by Gasteiger charge is 2.48. The van der Waals surface area contributed by atoms with Gasteiger partial charge in [-0.3, -0.25) is 19.4 Å². The van der Waals surface area contributed by atoms with Crippen LogP contribution in [0.15, 0.2) is 36.4 Å². The molecular weight excluding hydrogens is 358 g/mol. The lowest BCUT2D eigenvalue weighted by atomic mass is 9.85. The molecule has 2 fully saturated rings. The third-order valence-electron chi connectivity index (χ3n) is 6.13. The van der Waals surface area contributed by atoms with E-state index < -0.39 is 0 Å². The first-order valence-electron chi connectivity index (χ1n) is 9.82. The van der Waals surface area contributed by atoms with Crippen molar-refractivity contribution in [1.29, 1.82) is 0 Å². The molecule has 3 atom stereocenters. The Morgan fingerprint density at radius 3 is 2.52 bits per heavy atom. The summed E-state index contributed by atoms with van der Waals surface area (Å²) in [6.45, 7) is 1.32. The number of rotatable bonds is 3. The topological polar surface area (TPSA) is 53.5 Å². The highest BCUT2D eigenvalue weighted by atomic mass is 32.1. The van der Waals surface area contributed by atoms with E-state index >= 15 is 0 Å². The largest absolute Gasteiger partial charge is 0.276 e. The maximum absolute atomic E-state index is 12.8. The number of para-hydroxylation sites is 1. The Hall–Kier alpha value is -2.05. The average molecular weight is 382 g/mol. The number of benzene rings is 1. The van der Waals surface area contributed by atoms with Crippen molar-refractivity contribution in [3.63, 3.8) is 0 Å². The minimum atomic E-state index is -0.145. The van der Waals surface area contributed by atoms with E-state index in [2.05, 4.69) is 11.0 Å². The van der Waals surface area contributed by atoms with Gasteiger partial charge < -0.3 is 0 Å². The van der Waals surface area contributed by atoms with Crippen LogP contribution >= 0.6 is 11.3 Å². The van der Waals surface area contributed by atoms with Gasteiger partial charge in [0.1, 0.15) is 5.01 Å². The molecule has 0 unspecified atom stereocenters. The van der Waals surface area contributed by atoms with Gasteiger partial charge in [-0.1, -0.05) is 30.7 Å². The van der Waals surface area contributed by atoms with Crippen LogP contribution in [0, 0.1) is 11.8 Å². The Labute approximate surface area is 162 Å². The average Bonchev–Trinajstić information content (AvgIpc) is 3.24. The van der Waals surface area contributed by atoms with Crippen molar-refractivity contribution < 1.29 is 9.59 Å². The zero-order chi connectivity index (χ0) is 18.4. The summed E-state index contributed by atoms with van der Waals surface area (Å²) in [5.74, 6) is -0.257. The Balaban J connectivity index is 1.39. The van der Waals surface area contributed by atoms with Crippen molar-refractivity contribution >= 4 is 33.4 Å². The molecule has 140 valence electrons. The normalized spacial score (nSPS) is 28.9. The van der Waals surface area contributed by atoms with E-state index in [9.17, 15) is 9.59 Å². The third-order valence-corrected chi connectivity index (χ3v) is 7.27.